The first kappa shape index (κ1) is 15.9. The molecule has 6 heteroatoms. The Morgan fingerprint density at radius 1 is 1.32 bits per heavy atom. The second kappa shape index (κ2) is 6.36. The van der Waals surface area contributed by atoms with E-state index in [4.69, 9.17) is 5.11 Å². The third-order valence-corrected chi connectivity index (χ3v) is 4.80. The molecular weight excluding hydrogens is 264 g/mol. The first-order valence-electron chi connectivity index (χ1n) is 6.30. The zero-order chi connectivity index (χ0) is 14.5. The average molecular weight is 286 g/mol. The minimum absolute atomic E-state index is 0.0539. The SMILES string of the molecule is CCC(C)(CCO)Nc1ccccc1S(=O)(=O)NC. The van der Waals surface area contributed by atoms with Gasteiger partial charge in [0.25, 0.3) is 0 Å². The van der Waals surface area contributed by atoms with Gasteiger partial charge in [-0.15, -0.1) is 0 Å². The Hall–Kier alpha value is -1.11. The molecule has 0 fully saturated rings. The van der Waals surface area contributed by atoms with Crippen molar-refractivity contribution in [3.63, 3.8) is 0 Å². The summed E-state index contributed by atoms with van der Waals surface area (Å²) < 4.78 is 26.2. The van der Waals surface area contributed by atoms with Gasteiger partial charge in [0.05, 0.1) is 5.69 Å². The van der Waals surface area contributed by atoms with E-state index in [1.807, 2.05) is 13.8 Å². The minimum Gasteiger partial charge on any atom is -0.396 e. The standard InChI is InChI=1S/C13H22N2O3S/c1-4-13(2,9-10-16)15-11-7-5-6-8-12(11)19(17,18)14-3/h5-8,14-16H,4,9-10H2,1-3H3. The molecule has 0 aliphatic heterocycles. The zero-order valence-corrected chi connectivity index (χ0v) is 12.4. The van der Waals surface area contributed by atoms with Gasteiger partial charge in [-0.25, -0.2) is 13.1 Å². The summed E-state index contributed by atoms with van der Waals surface area (Å²) in [7, 11) is -2.11. The van der Waals surface area contributed by atoms with E-state index in [9.17, 15) is 8.42 Å². The van der Waals surface area contributed by atoms with Crippen molar-refractivity contribution in [3.8, 4) is 0 Å². The molecule has 19 heavy (non-hydrogen) atoms. The largest absolute Gasteiger partial charge is 0.396 e. The van der Waals surface area contributed by atoms with Crippen LogP contribution in [0.4, 0.5) is 5.69 Å². The molecule has 3 N–H and O–H groups in total. The van der Waals surface area contributed by atoms with E-state index in [1.165, 1.54) is 7.05 Å². The van der Waals surface area contributed by atoms with Crippen LogP contribution in [0.5, 0.6) is 0 Å². The fourth-order valence-corrected chi connectivity index (χ4v) is 2.70. The molecule has 108 valence electrons. The van der Waals surface area contributed by atoms with Crippen molar-refractivity contribution >= 4 is 15.7 Å². The van der Waals surface area contributed by atoms with Crippen LogP contribution in [0, 0.1) is 0 Å². The molecule has 0 aliphatic carbocycles. The first-order valence-corrected chi connectivity index (χ1v) is 7.78. The lowest BCUT2D eigenvalue weighted by atomic mass is 9.94. The summed E-state index contributed by atoms with van der Waals surface area (Å²) in [4.78, 5) is 0.218. The molecule has 1 aromatic rings. The van der Waals surface area contributed by atoms with Gasteiger partial charge in [0.15, 0.2) is 0 Å². The monoisotopic (exact) mass is 286 g/mol. The number of aliphatic hydroxyl groups excluding tert-OH is 1. The van der Waals surface area contributed by atoms with Gasteiger partial charge < -0.3 is 10.4 Å². The Kier molecular flexibility index (Phi) is 5.34. The van der Waals surface area contributed by atoms with Crippen LogP contribution in [0.2, 0.25) is 0 Å². The second-order valence-corrected chi connectivity index (χ2v) is 6.57. The summed E-state index contributed by atoms with van der Waals surface area (Å²) in [5.41, 5.74) is 0.211. The number of sulfonamides is 1. The quantitative estimate of drug-likeness (QED) is 0.711. The molecule has 1 unspecified atom stereocenters. The lowest BCUT2D eigenvalue weighted by molar-refractivity contribution is 0.252. The minimum atomic E-state index is -3.50. The van der Waals surface area contributed by atoms with Gasteiger partial charge in [0.2, 0.25) is 10.0 Å². The van der Waals surface area contributed by atoms with E-state index in [2.05, 4.69) is 10.0 Å². The highest BCUT2D eigenvalue weighted by atomic mass is 32.2. The van der Waals surface area contributed by atoms with Crippen molar-refractivity contribution < 1.29 is 13.5 Å². The van der Waals surface area contributed by atoms with Gasteiger partial charge in [-0.2, -0.15) is 0 Å². The Morgan fingerprint density at radius 3 is 2.47 bits per heavy atom. The second-order valence-electron chi connectivity index (χ2n) is 4.72. The summed E-state index contributed by atoms with van der Waals surface area (Å²) in [6, 6.07) is 6.76. The van der Waals surface area contributed by atoms with Crippen molar-refractivity contribution in [2.75, 3.05) is 19.0 Å². The maximum absolute atomic E-state index is 12.0. The number of hydrogen-bond donors (Lipinski definition) is 3. The highest BCUT2D eigenvalue weighted by Gasteiger charge is 2.24. The molecule has 5 nitrogen and oxygen atoms in total. The molecule has 0 bridgehead atoms. The fraction of sp³-hybridized carbons (Fsp3) is 0.538. The van der Waals surface area contributed by atoms with Crippen LogP contribution in [0.15, 0.2) is 29.2 Å². The molecule has 0 saturated heterocycles. The zero-order valence-electron chi connectivity index (χ0n) is 11.6. The van der Waals surface area contributed by atoms with Crippen molar-refractivity contribution in [1.29, 1.82) is 0 Å². The van der Waals surface area contributed by atoms with Gasteiger partial charge in [0, 0.05) is 12.1 Å². The van der Waals surface area contributed by atoms with Gasteiger partial charge in [-0.3, -0.25) is 0 Å². The number of benzene rings is 1. The molecule has 1 aromatic carbocycles. The predicted octanol–water partition coefficient (Wildman–Crippen LogP) is 1.56. The lowest BCUT2D eigenvalue weighted by Gasteiger charge is -2.31. The van der Waals surface area contributed by atoms with E-state index in [0.717, 1.165) is 6.42 Å². The van der Waals surface area contributed by atoms with Crippen LogP contribution in [0.25, 0.3) is 0 Å². The number of nitrogens with one attached hydrogen (secondary N) is 2. The summed E-state index contributed by atoms with van der Waals surface area (Å²) in [5.74, 6) is 0. The summed E-state index contributed by atoms with van der Waals surface area (Å²) in [6.07, 6.45) is 1.33. The van der Waals surface area contributed by atoms with E-state index >= 15 is 0 Å². The van der Waals surface area contributed by atoms with Crippen LogP contribution in [-0.4, -0.2) is 32.7 Å². The van der Waals surface area contributed by atoms with E-state index in [0.29, 0.717) is 12.1 Å². The van der Waals surface area contributed by atoms with Crippen LogP contribution >= 0.6 is 0 Å². The predicted molar refractivity (Wildman–Crippen MR) is 76.7 cm³/mol. The van der Waals surface area contributed by atoms with Crippen molar-refractivity contribution in [3.05, 3.63) is 24.3 Å². The van der Waals surface area contributed by atoms with Crippen molar-refractivity contribution in [2.45, 2.75) is 37.1 Å². The molecule has 0 saturated carbocycles. The normalized spacial score (nSPS) is 14.9. The average Bonchev–Trinajstić information content (AvgIpc) is 2.39. The van der Waals surface area contributed by atoms with E-state index in [-0.39, 0.29) is 17.0 Å². The number of aliphatic hydroxyl groups is 1. The fourth-order valence-electron chi connectivity index (χ4n) is 1.81. The summed E-state index contributed by atoms with van der Waals surface area (Å²) in [6.45, 7) is 4.02. The van der Waals surface area contributed by atoms with Crippen LogP contribution in [-0.2, 0) is 10.0 Å². The molecule has 0 spiro atoms. The Balaban J connectivity index is 3.15. The highest BCUT2D eigenvalue weighted by molar-refractivity contribution is 7.89. The Morgan fingerprint density at radius 2 is 1.95 bits per heavy atom. The van der Waals surface area contributed by atoms with Gasteiger partial charge in [-0.1, -0.05) is 19.1 Å². The molecule has 1 rings (SSSR count). The maximum atomic E-state index is 12.0. The highest BCUT2D eigenvalue weighted by Crippen LogP contribution is 2.27. The summed E-state index contributed by atoms with van der Waals surface area (Å²) >= 11 is 0. The number of hydrogen-bond acceptors (Lipinski definition) is 4. The molecule has 0 aliphatic rings. The van der Waals surface area contributed by atoms with E-state index < -0.39 is 10.0 Å². The molecule has 0 amide bonds. The first-order chi connectivity index (χ1) is 8.88. The van der Waals surface area contributed by atoms with Gasteiger partial charge in [-0.05, 0) is 38.9 Å². The molecule has 1 atom stereocenters. The number of anilines is 1. The molecule has 0 heterocycles. The van der Waals surface area contributed by atoms with Crippen molar-refractivity contribution in [1.82, 2.24) is 4.72 Å². The lowest BCUT2D eigenvalue weighted by Crippen LogP contribution is -2.36. The Labute approximate surface area is 115 Å². The number of rotatable bonds is 7. The van der Waals surface area contributed by atoms with Crippen LogP contribution in [0.3, 0.4) is 0 Å². The maximum Gasteiger partial charge on any atom is 0.242 e. The molecule has 0 radical (unpaired) electrons. The molecule has 0 aromatic heterocycles. The summed E-state index contributed by atoms with van der Waals surface area (Å²) in [5, 5.41) is 12.4. The third kappa shape index (κ3) is 3.92. The smallest absolute Gasteiger partial charge is 0.242 e. The Bertz CT molecular complexity index is 516. The van der Waals surface area contributed by atoms with Crippen LogP contribution in [0.1, 0.15) is 26.7 Å². The topological polar surface area (TPSA) is 78.4 Å². The third-order valence-electron chi connectivity index (χ3n) is 3.33. The molecular formula is C13H22N2O3S. The van der Waals surface area contributed by atoms with Gasteiger partial charge >= 0.3 is 0 Å². The number of para-hydroxylation sites is 1. The van der Waals surface area contributed by atoms with Gasteiger partial charge in [0.1, 0.15) is 4.90 Å². The van der Waals surface area contributed by atoms with Crippen LogP contribution < -0.4 is 10.0 Å². The van der Waals surface area contributed by atoms with E-state index in [1.54, 1.807) is 24.3 Å². The van der Waals surface area contributed by atoms with Crippen molar-refractivity contribution in [2.24, 2.45) is 0 Å².